The molecule has 6 nitrogen and oxygen atoms in total. The van der Waals surface area contributed by atoms with E-state index >= 15 is 0 Å². The van der Waals surface area contributed by atoms with E-state index in [9.17, 15) is 4.79 Å². The van der Waals surface area contributed by atoms with Gasteiger partial charge < -0.3 is 19.3 Å². The molecule has 0 atom stereocenters. The van der Waals surface area contributed by atoms with E-state index in [0.29, 0.717) is 22.9 Å². The van der Waals surface area contributed by atoms with E-state index in [1.54, 1.807) is 0 Å². The van der Waals surface area contributed by atoms with Gasteiger partial charge in [0.15, 0.2) is 11.5 Å². The monoisotopic (exact) mass is 227 g/mol. The summed E-state index contributed by atoms with van der Waals surface area (Å²) in [4.78, 5) is 10.5. The Labute approximate surface area is 92.7 Å². The predicted octanol–water partition coefficient (Wildman–Crippen LogP) is 1.80. The van der Waals surface area contributed by atoms with E-state index in [2.05, 4.69) is 5.32 Å². The SMILES string of the molecule is COc1cc(NC(=O)O)cc(OC)c1OC. The van der Waals surface area contributed by atoms with Crippen molar-refractivity contribution in [3.05, 3.63) is 12.1 Å². The first-order valence-corrected chi connectivity index (χ1v) is 4.42. The summed E-state index contributed by atoms with van der Waals surface area (Å²) in [5.74, 6) is 1.21. The van der Waals surface area contributed by atoms with Crippen LogP contribution in [0.4, 0.5) is 10.5 Å². The maximum atomic E-state index is 10.5. The Morgan fingerprint density at radius 1 is 1.12 bits per heavy atom. The number of carbonyl (C=O) groups is 1. The molecule has 0 bridgehead atoms. The molecule has 0 radical (unpaired) electrons. The molecule has 88 valence electrons. The Hall–Kier alpha value is -2.11. The molecule has 1 amide bonds. The van der Waals surface area contributed by atoms with Gasteiger partial charge in [0.05, 0.1) is 27.0 Å². The number of hydrogen-bond acceptors (Lipinski definition) is 4. The topological polar surface area (TPSA) is 77.0 Å². The van der Waals surface area contributed by atoms with E-state index in [-0.39, 0.29) is 0 Å². The smallest absolute Gasteiger partial charge is 0.409 e. The van der Waals surface area contributed by atoms with Gasteiger partial charge in [-0.15, -0.1) is 0 Å². The normalized spacial score (nSPS) is 9.44. The van der Waals surface area contributed by atoms with Crippen LogP contribution in [0.5, 0.6) is 17.2 Å². The summed E-state index contributed by atoms with van der Waals surface area (Å²) in [5, 5.41) is 10.8. The third-order valence-electron chi connectivity index (χ3n) is 1.92. The van der Waals surface area contributed by atoms with Gasteiger partial charge in [0.25, 0.3) is 0 Å². The quantitative estimate of drug-likeness (QED) is 0.820. The Kier molecular flexibility index (Phi) is 3.82. The van der Waals surface area contributed by atoms with E-state index in [4.69, 9.17) is 19.3 Å². The van der Waals surface area contributed by atoms with Crippen molar-refractivity contribution in [2.75, 3.05) is 26.6 Å². The highest BCUT2D eigenvalue weighted by atomic mass is 16.5. The minimum absolute atomic E-state index is 0.349. The van der Waals surface area contributed by atoms with Gasteiger partial charge in [-0.3, -0.25) is 5.32 Å². The molecule has 16 heavy (non-hydrogen) atoms. The minimum atomic E-state index is -1.16. The lowest BCUT2D eigenvalue weighted by atomic mass is 10.2. The molecule has 0 aromatic heterocycles. The summed E-state index contributed by atoms with van der Waals surface area (Å²) < 4.78 is 15.2. The number of methoxy groups -OCH3 is 3. The van der Waals surface area contributed by atoms with Crippen molar-refractivity contribution in [1.82, 2.24) is 0 Å². The van der Waals surface area contributed by atoms with Gasteiger partial charge in [0.1, 0.15) is 0 Å². The molecule has 0 spiro atoms. The maximum absolute atomic E-state index is 10.5. The summed E-state index contributed by atoms with van der Waals surface area (Å²) >= 11 is 0. The molecule has 0 saturated heterocycles. The average molecular weight is 227 g/mol. The zero-order valence-electron chi connectivity index (χ0n) is 9.23. The largest absolute Gasteiger partial charge is 0.493 e. The van der Waals surface area contributed by atoms with Gasteiger partial charge in [0.2, 0.25) is 5.75 Å². The first-order chi connectivity index (χ1) is 7.62. The molecule has 0 aliphatic rings. The number of hydrogen-bond donors (Lipinski definition) is 2. The molecule has 0 unspecified atom stereocenters. The van der Waals surface area contributed by atoms with Crippen LogP contribution in [0.3, 0.4) is 0 Å². The second-order valence-corrected chi connectivity index (χ2v) is 2.84. The van der Waals surface area contributed by atoms with Gasteiger partial charge in [-0.1, -0.05) is 0 Å². The number of ether oxygens (including phenoxy) is 3. The van der Waals surface area contributed by atoms with E-state index < -0.39 is 6.09 Å². The van der Waals surface area contributed by atoms with Crippen LogP contribution in [0, 0.1) is 0 Å². The fraction of sp³-hybridized carbons (Fsp3) is 0.300. The van der Waals surface area contributed by atoms with Crippen LogP contribution < -0.4 is 19.5 Å². The van der Waals surface area contributed by atoms with Crippen molar-refractivity contribution in [2.45, 2.75) is 0 Å². The lowest BCUT2D eigenvalue weighted by Crippen LogP contribution is -2.07. The second kappa shape index (κ2) is 5.11. The number of anilines is 1. The molecular weight excluding hydrogens is 214 g/mol. The van der Waals surface area contributed by atoms with Crippen LogP contribution in [-0.2, 0) is 0 Å². The van der Waals surface area contributed by atoms with Gasteiger partial charge in [-0.2, -0.15) is 0 Å². The molecule has 1 rings (SSSR count). The Balaban J connectivity index is 3.20. The van der Waals surface area contributed by atoms with Gasteiger partial charge in [-0.05, 0) is 0 Å². The Bertz CT molecular complexity index is 366. The molecule has 0 aliphatic carbocycles. The number of carboxylic acid groups (broad SMARTS) is 1. The summed E-state index contributed by atoms with van der Waals surface area (Å²) in [6.45, 7) is 0. The van der Waals surface area contributed by atoms with Crippen LogP contribution in [0.25, 0.3) is 0 Å². The number of benzene rings is 1. The number of nitrogens with one attached hydrogen (secondary N) is 1. The van der Waals surface area contributed by atoms with Crippen molar-refractivity contribution >= 4 is 11.8 Å². The van der Waals surface area contributed by atoms with Crippen LogP contribution in [0.1, 0.15) is 0 Å². The van der Waals surface area contributed by atoms with Crippen molar-refractivity contribution in [2.24, 2.45) is 0 Å². The second-order valence-electron chi connectivity index (χ2n) is 2.84. The summed E-state index contributed by atoms with van der Waals surface area (Å²) in [5.41, 5.74) is 0.349. The fourth-order valence-corrected chi connectivity index (χ4v) is 1.28. The van der Waals surface area contributed by atoms with E-state index in [0.717, 1.165) is 0 Å². The Morgan fingerprint density at radius 3 is 1.94 bits per heavy atom. The van der Waals surface area contributed by atoms with Crippen LogP contribution >= 0.6 is 0 Å². The molecule has 0 heterocycles. The lowest BCUT2D eigenvalue weighted by molar-refractivity contribution is 0.209. The molecule has 0 aliphatic heterocycles. The highest BCUT2D eigenvalue weighted by Gasteiger charge is 2.13. The van der Waals surface area contributed by atoms with E-state index in [1.807, 2.05) is 0 Å². The van der Waals surface area contributed by atoms with Gasteiger partial charge >= 0.3 is 6.09 Å². The molecule has 0 fully saturated rings. The lowest BCUT2D eigenvalue weighted by Gasteiger charge is -2.13. The van der Waals surface area contributed by atoms with Gasteiger partial charge in [-0.25, -0.2) is 4.79 Å². The summed E-state index contributed by atoms with van der Waals surface area (Å²) in [6, 6.07) is 3.02. The first kappa shape index (κ1) is 12.0. The highest BCUT2D eigenvalue weighted by molar-refractivity contribution is 5.84. The predicted molar refractivity (Wildman–Crippen MR) is 57.7 cm³/mol. The third-order valence-corrected chi connectivity index (χ3v) is 1.92. The molecule has 1 aromatic carbocycles. The minimum Gasteiger partial charge on any atom is -0.493 e. The van der Waals surface area contributed by atoms with Crippen molar-refractivity contribution in [3.63, 3.8) is 0 Å². The van der Waals surface area contributed by atoms with Crippen molar-refractivity contribution in [3.8, 4) is 17.2 Å². The number of rotatable bonds is 4. The zero-order chi connectivity index (χ0) is 12.1. The molecule has 2 N–H and O–H groups in total. The fourth-order valence-electron chi connectivity index (χ4n) is 1.28. The van der Waals surface area contributed by atoms with Crippen LogP contribution in [0.2, 0.25) is 0 Å². The standard InChI is InChI=1S/C10H13NO5/c1-14-7-4-6(11-10(12)13)5-8(15-2)9(7)16-3/h4-5,11H,1-3H3,(H,12,13). The van der Waals surface area contributed by atoms with Crippen molar-refractivity contribution in [1.29, 1.82) is 0 Å². The van der Waals surface area contributed by atoms with Crippen LogP contribution in [0.15, 0.2) is 12.1 Å². The van der Waals surface area contributed by atoms with E-state index in [1.165, 1.54) is 33.5 Å². The van der Waals surface area contributed by atoms with Crippen molar-refractivity contribution < 1.29 is 24.1 Å². The van der Waals surface area contributed by atoms with Crippen LogP contribution in [-0.4, -0.2) is 32.5 Å². The molecule has 1 aromatic rings. The highest BCUT2D eigenvalue weighted by Crippen LogP contribution is 2.39. The molecule has 6 heteroatoms. The Morgan fingerprint density at radius 2 is 1.62 bits per heavy atom. The summed E-state index contributed by atoms with van der Waals surface area (Å²) in [6.07, 6.45) is -1.16. The maximum Gasteiger partial charge on any atom is 0.409 e. The van der Waals surface area contributed by atoms with Gasteiger partial charge in [0, 0.05) is 12.1 Å². The molecule has 0 saturated carbocycles. The zero-order valence-corrected chi connectivity index (χ0v) is 9.23. The summed E-state index contributed by atoms with van der Waals surface area (Å²) in [7, 11) is 4.40. The average Bonchev–Trinajstić information content (AvgIpc) is 2.26. The first-order valence-electron chi connectivity index (χ1n) is 4.42. The number of amides is 1. The molecular formula is C10H13NO5. The third kappa shape index (κ3) is 2.47.